The van der Waals surface area contributed by atoms with Gasteiger partial charge in [-0.3, -0.25) is 9.59 Å². The molecular weight excluding hydrogens is 424 g/mol. The highest BCUT2D eigenvalue weighted by molar-refractivity contribution is 6.09. The molecule has 2 unspecified atom stereocenters. The molecule has 0 aliphatic rings. The van der Waals surface area contributed by atoms with Gasteiger partial charge in [-0.15, -0.1) is 0 Å². The SMILES string of the molecule is CC(=O)c1cccc(C(O)(c2ccccc2)C(C)(O)c2cccc(C(=O)c3ccccc3)c2)c1. The predicted molar refractivity (Wildman–Crippen MR) is 132 cm³/mol. The standard InChI is InChI=1S/C30H26O4/c1-21(31)23-13-9-18-27(19-23)30(34,25-15-7-4-8-16-25)29(2,33)26-17-10-14-24(20-26)28(32)22-11-5-3-6-12-22/h3-20,33-34H,1-2H3. The summed E-state index contributed by atoms with van der Waals surface area (Å²) >= 11 is 0. The maximum atomic E-state index is 13.1. The van der Waals surface area contributed by atoms with E-state index in [4.69, 9.17) is 0 Å². The van der Waals surface area contributed by atoms with Gasteiger partial charge in [0.1, 0.15) is 11.2 Å². The van der Waals surface area contributed by atoms with E-state index >= 15 is 0 Å². The van der Waals surface area contributed by atoms with Gasteiger partial charge in [-0.2, -0.15) is 0 Å². The van der Waals surface area contributed by atoms with Crippen LogP contribution in [0.25, 0.3) is 0 Å². The third-order valence-corrected chi connectivity index (χ3v) is 6.31. The molecule has 0 amide bonds. The second-order valence-electron chi connectivity index (χ2n) is 8.56. The molecule has 170 valence electrons. The summed E-state index contributed by atoms with van der Waals surface area (Å²) in [5.74, 6) is -0.326. The number of hydrogen-bond acceptors (Lipinski definition) is 4. The van der Waals surface area contributed by atoms with Gasteiger partial charge >= 0.3 is 0 Å². The molecule has 0 aromatic heterocycles. The summed E-state index contributed by atoms with van der Waals surface area (Å²) in [7, 11) is 0. The first kappa shape index (κ1) is 23.3. The minimum atomic E-state index is -1.91. The van der Waals surface area contributed by atoms with Gasteiger partial charge in [0.25, 0.3) is 0 Å². The molecule has 0 aliphatic heterocycles. The Balaban J connectivity index is 1.88. The predicted octanol–water partition coefficient (Wildman–Crippen LogP) is 5.26. The lowest BCUT2D eigenvalue weighted by atomic mass is 9.70. The summed E-state index contributed by atoms with van der Waals surface area (Å²) in [6.45, 7) is 2.98. The summed E-state index contributed by atoms with van der Waals surface area (Å²) in [5.41, 5.74) is -1.20. The van der Waals surface area contributed by atoms with Crippen molar-refractivity contribution >= 4 is 11.6 Å². The Labute approximate surface area is 199 Å². The largest absolute Gasteiger partial charge is 0.382 e. The van der Waals surface area contributed by atoms with Gasteiger partial charge in [0.2, 0.25) is 0 Å². The quantitative estimate of drug-likeness (QED) is 0.377. The van der Waals surface area contributed by atoms with Crippen LogP contribution in [-0.4, -0.2) is 21.8 Å². The molecule has 0 heterocycles. The average Bonchev–Trinajstić information content (AvgIpc) is 2.88. The molecule has 4 nitrogen and oxygen atoms in total. The summed E-state index contributed by atoms with van der Waals surface area (Å²) in [4.78, 5) is 25.1. The van der Waals surface area contributed by atoms with E-state index in [0.29, 0.717) is 33.4 Å². The van der Waals surface area contributed by atoms with Crippen LogP contribution in [0.2, 0.25) is 0 Å². The van der Waals surface area contributed by atoms with Crippen LogP contribution in [0.5, 0.6) is 0 Å². The van der Waals surface area contributed by atoms with E-state index in [1.807, 2.05) is 12.1 Å². The maximum absolute atomic E-state index is 13.1. The summed E-state index contributed by atoms with van der Waals surface area (Å²) in [6, 6.07) is 31.1. The van der Waals surface area contributed by atoms with Crippen LogP contribution in [0.1, 0.15) is 56.8 Å². The van der Waals surface area contributed by atoms with Crippen LogP contribution in [0.3, 0.4) is 0 Å². The lowest BCUT2D eigenvalue weighted by molar-refractivity contribution is -0.128. The average molecular weight is 451 g/mol. The zero-order valence-corrected chi connectivity index (χ0v) is 19.1. The molecule has 4 rings (SSSR count). The van der Waals surface area contributed by atoms with Crippen molar-refractivity contribution in [3.8, 4) is 0 Å². The van der Waals surface area contributed by atoms with Gasteiger partial charge in [-0.1, -0.05) is 97.1 Å². The Bertz CT molecular complexity index is 1330. The van der Waals surface area contributed by atoms with Crippen LogP contribution in [0, 0.1) is 0 Å². The lowest BCUT2D eigenvalue weighted by Gasteiger charge is -2.43. The fourth-order valence-corrected chi connectivity index (χ4v) is 4.30. The molecule has 34 heavy (non-hydrogen) atoms. The van der Waals surface area contributed by atoms with Crippen molar-refractivity contribution in [2.24, 2.45) is 0 Å². The fraction of sp³-hybridized carbons (Fsp3) is 0.133. The van der Waals surface area contributed by atoms with Crippen molar-refractivity contribution in [2.45, 2.75) is 25.0 Å². The van der Waals surface area contributed by atoms with Gasteiger partial charge in [0.05, 0.1) is 0 Å². The highest BCUT2D eigenvalue weighted by Crippen LogP contribution is 2.45. The molecule has 2 N–H and O–H groups in total. The minimum Gasteiger partial charge on any atom is -0.382 e. The van der Waals surface area contributed by atoms with E-state index in [1.165, 1.54) is 13.8 Å². The molecular formula is C30H26O4. The molecule has 2 atom stereocenters. The van der Waals surface area contributed by atoms with Crippen molar-refractivity contribution in [2.75, 3.05) is 0 Å². The van der Waals surface area contributed by atoms with Crippen LogP contribution in [-0.2, 0) is 11.2 Å². The van der Waals surface area contributed by atoms with E-state index in [-0.39, 0.29) is 11.6 Å². The number of ketones is 2. The molecule has 4 heteroatoms. The monoisotopic (exact) mass is 450 g/mol. The second kappa shape index (κ2) is 9.18. The lowest BCUT2D eigenvalue weighted by Crippen LogP contribution is -2.48. The number of Topliss-reactive ketones (excluding diaryl/α,β-unsaturated/α-hetero) is 1. The Morgan fingerprint density at radius 2 is 1.06 bits per heavy atom. The van der Waals surface area contributed by atoms with Gasteiger partial charge in [0, 0.05) is 16.7 Å². The number of benzene rings is 4. The molecule has 0 bridgehead atoms. The summed E-state index contributed by atoms with van der Waals surface area (Å²) in [6.07, 6.45) is 0. The molecule has 0 aliphatic carbocycles. The highest BCUT2D eigenvalue weighted by atomic mass is 16.4. The van der Waals surface area contributed by atoms with Crippen molar-refractivity contribution in [1.82, 2.24) is 0 Å². The molecule has 0 saturated carbocycles. The first-order valence-electron chi connectivity index (χ1n) is 11.1. The fourth-order valence-electron chi connectivity index (χ4n) is 4.30. The third kappa shape index (κ3) is 4.10. The van der Waals surface area contributed by atoms with E-state index in [9.17, 15) is 19.8 Å². The van der Waals surface area contributed by atoms with Crippen LogP contribution in [0.15, 0.2) is 109 Å². The van der Waals surface area contributed by atoms with E-state index in [0.717, 1.165) is 0 Å². The van der Waals surface area contributed by atoms with Crippen LogP contribution >= 0.6 is 0 Å². The van der Waals surface area contributed by atoms with Crippen molar-refractivity contribution < 1.29 is 19.8 Å². The number of rotatable bonds is 7. The van der Waals surface area contributed by atoms with E-state index in [1.54, 1.807) is 97.1 Å². The normalized spacial score (nSPS) is 14.6. The zero-order valence-electron chi connectivity index (χ0n) is 19.1. The van der Waals surface area contributed by atoms with Gasteiger partial charge < -0.3 is 10.2 Å². The molecule has 4 aromatic rings. The maximum Gasteiger partial charge on any atom is 0.193 e. The van der Waals surface area contributed by atoms with Crippen molar-refractivity contribution in [3.05, 3.63) is 143 Å². The van der Waals surface area contributed by atoms with Crippen molar-refractivity contribution in [3.63, 3.8) is 0 Å². The first-order chi connectivity index (χ1) is 16.2. The Morgan fingerprint density at radius 3 is 1.68 bits per heavy atom. The van der Waals surface area contributed by atoms with Crippen LogP contribution < -0.4 is 0 Å². The van der Waals surface area contributed by atoms with E-state index < -0.39 is 11.2 Å². The Kier molecular flexibility index (Phi) is 6.29. The second-order valence-corrected chi connectivity index (χ2v) is 8.56. The zero-order chi connectivity index (χ0) is 24.3. The third-order valence-electron chi connectivity index (χ3n) is 6.31. The van der Waals surface area contributed by atoms with Crippen molar-refractivity contribution in [1.29, 1.82) is 0 Å². The molecule has 0 radical (unpaired) electrons. The summed E-state index contributed by atoms with van der Waals surface area (Å²) < 4.78 is 0. The minimum absolute atomic E-state index is 0.146. The topological polar surface area (TPSA) is 74.6 Å². The van der Waals surface area contributed by atoms with E-state index in [2.05, 4.69) is 0 Å². The van der Waals surface area contributed by atoms with Gasteiger partial charge in [-0.25, -0.2) is 0 Å². The number of aliphatic hydroxyl groups is 2. The summed E-state index contributed by atoms with van der Waals surface area (Å²) in [5, 5.41) is 24.2. The smallest absolute Gasteiger partial charge is 0.193 e. The number of carbonyl (C=O) groups is 2. The first-order valence-corrected chi connectivity index (χ1v) is 11.1. The van der Waals surface area contributed by atoms with Gasteiger partial charge in [0.15, 0.2) is 11.6 Å². The Morgan fingerprint density at radius 1 is 0.588 bits per heavy atom. The molecule has 4 aromatic carbocycles. The number of hydrogen-bond donors (Lipinski definition) is 2. The Hall–Kier alpha value is -3.86. The molecule has 0 fully saturated rings. The highest BCUT2D eigenvalue weighted by Gasteiger charge is 2.50. The molecule has 0 spiro atoms. The van der Waals surface area contributed by atoms with Crippen LogP contribution in [0.4, 0.5) is 0 Å². The number of carbonyl (C=O) groups excluding carboxylic acids is 2. The molecule has 0 saturated heterocycles. The van der Waals surface area contributed by atoms with Gasteiger partial charge in [-0.05, 0) is 42.7 Å².